The Balaban J connectivity index is 1.37. The standard InChI is InChI=1S/C25H29N3O4/c1-17-26-23(32-27-17)25-12-9-24(10-13-25,11-14-25)16-28(22(31)19-6-7-19)20-4-2-3-18(15-20)5-8-21(29)30/h2-5,8,15,19H,6-7,9-14,16H2,1H3,(H,29,30)/b8-5+. The minimum atomic E-state index is -0.982. The fraction of sp³-hybridized carbons (Fsp3) is 0.520. The molecule has 1 heterocycles. The van der Waals surface area contributed by atoms with Gasteiger partial charge in [0.25, 0.3) is 0 Å². The lowest BCUT2D eigenvalue weighted by molar-refractivity contribution is -0.131. The first kappa shape index (κ1) is 20.9. The van der Waals surface area contributed by atoms with Crippen LogP contribution < -0.4 is 4.90 Å². The number of carbonyl (C=O) groups is 2. The van der Waals surface area contributed by atoms with E-state index in [2.05, 4.69) is 10.1 Å². The van der Waals surface area contributed by atoms with Crippen molar-refractivity contribution in [3.63, 3.8) is 0 Å². The number of hydrogen-bond acceptors (Lipinski definition) is 5. The fourth-order valence-electron chi connectivity index (χ4n) is 5.48. The average Bonchev–Trinajstić information content (AvgIpc) is 3.57. The van der Waals surface area contributed by atoms with E-state index in [1.807, 2.05) is 36.1 Å². The normalized spacial score (nSPS) is 27.0. The number of nitrogens with zero attached hydrogens (tertiary/aromatic N) is 3. The lowest BCUT2D eigenvalue weighted by Crippen LogP contribution is -2.51. The highest BCUT2D eigenvalue weighted by Crippen LogP contribution is 2.58. The average molecular weight is 436 g/mol. The third-order valence-electron chi connectivity index (χ3n) is 7.67. The zero-order valence-electron chi connectivity index (χ0n) is 18.4. The Labute approximate surface area is 187 Å². The minimum absolute atomic E-state index is 0.00408. The predicted octanol–water partition coefficient (Wildman–Crippen LogP) is 4.51. The molecule has 2 bridgehead atoms. The molecule has 0 atom stereocenters. The van der Waals surface area contributed by atoms with Gasteiger partial charge < -0.3 is 14.5 Å². The second kappa shape index (κ2) is 7.87. The van der Waals surface area contributed by atoms with Crippen molar-refractivity contribution < 1.29 is 19.2 Å². The number of anilines is 1. The van der Waals surface area contributed by atoms with Gasteiger partial charge in [0, 0.05) is 29.6 Å². The Morgan fingerprint density at radius 2 is 1.91 bits per heavy atom. The van der Waals surface area contributed by atoms with Gasteiger partial charge in [0.05, 0.1) is 0 Å². The van der Waals surface area contributed by atoms with Gasteiger partial charge in [-0.25, -0.2) is 4.79 Å². The number of aromatic nitrogens is 2. The summed E-state index contributed by atoms with van der Waals surface area (Å²) in [7, 11) is 0. The SMILES string of the molecule is Cc1noc(C23CCC(CN(C(=O)C4CC4)c4cccc(/C=C/C(=O)O)c4)(CC2)CC3)n1. The van der Waals surface area contributed by atoms with Crippen LogP contribution in [0.4, 0.5) is 5.69 Å². The molecule has 7 heteroatoms. The molecule has 0 aliphatic heterocycles. The molecule has 6 rings (SSSR count). The zero-order chi connectivity index (χ0) is 22.3. The van der Waals surface area contributed by atoms with Gasteiger partial charge in [0.15, 0.2) is 5.82 Å². The van der Waals surface area contributed by atoms with Crippen LogP contribution in [-0.2, 0) is 15.0 Å². The highest BCUT2D eigenvalue weighted by Gasteiger charge is 2.53. The molecule has 0 radical (unpaired) electrons. The number of carbonyl (C=O) groups excluding carboxylic acids is 1. The molecular weight excluding hydrogens is 406 g/mol. The quantitative estimate of drug-likeness (QED) is 0.643. The van der Waals surface area contributed by atoms with E-state index < -0.39 is 5.97 Å². The summed E-state index contributed by atoms with van der Waals surface area (Å²) in [5.74, 6) is 0.817. The van der Waals surface area contributed by atoms with Crippen LogP contribution >= 0.6 is 0 Å². The monoisotopic (exact) mass is 435 g/mol. The Hall–Kier alpha value is -2.96. The summed E-state index contributed by atoms with van der Waals surface area (Å²) in [5.41, 5.74) is 1.75. The van der Waals surface area contributed by atoms with Crippen molar-refractivity contribution in [1.82, 2.24) is 10.1 Å². The van der Waals surface area contributed by atoms with Crippen molar-refractivity contribution in [2.24, 2.45) is 11.3 Å². The van der Waals surface area contributed by atoms with Crippen LogP contribution in [0.2, 0.25) is 0 Å². The molecule has 1 N–H and O–H groups in total. The highest BCUT2D eigenvalue weighted by molar-refractivity contribution is 5.97. The summed E-state index contributed by atoms with van der Waals surface area (Å²) >= 11 is 0. The van der Waals surface area contributed by atoms with Crippen LogP contribution in [0.5, 0.6) is 0 Å². The van der Waals surface area contributed by atoms with E-state index >= 15 is 0 Å². The summed E-state index contributed by atoms with van der Waals surface area (Å²) in [6, 6.07) is 7.65. The minimum Gasteiger partial charge on any atom is -0.478 e. The van der Waals surface area contributed by atoms with Gasteiger partial charge in [-0.15, -0.1) is 0 Å². The van der Waals surface area contributed by atoms with Gasteiger partial charge >= 0.3 is 5.97 Å². The topological polar surface area (TPSA) is 96.5 Å². The molecule has 168 valence electrons. The van der Waals surface area contributed by atoms with Crippen LogP contribution in [0.3, 0.4) is 0 Å². The van der Waals surface area contributed by atoms with E-state index in [4.69, 9.17) is 9.63 Å². The lowest BCUT2D eigenvalue weighted by Gasteiger charge is -2.53. The van der Waals surface area contributed by atoms with E-state index in [0.717, 1.165) is 74.6 Å². The number of carboxylic acids is 1. The molecule has 0 unspecified atom stereocenters. The van der Waals surface area contributed by atoms with Gasteiger partial charge in [0.2, 0.25) is 11.8 Å². The number of hydrogen-bond donors (Lipinski definition) is 1. The Morgan fingerprint density at radius 3 is 2.50 bits per heavy atom. The molecule has 7 nitrogen and oxygen atoms in total. The number of rotatable bonds is 7. The molecule has 4 aliphatic rings. The summed E-state index contributed by atoms with van der Waals surface area (Å²) in [6.07, 6.45) is 10.8. The maximum atomic E-state index is 13.3. The van der Waals surface area contributed by atoms with E-state index in [1.165, 1.54) is 0 Å². The number of fused-ring (bicyclic) bond motifs is 3. The van der Waals surface area contributed by atoms with Crippen molar-refractivity contribution in [1.29, 1.82) is 0 Å². The predicted molar refractivity (Wildman–Crippen MR) is 119 cm³/mol. The highest BCUT2D eigenvalue weighted by atomic mass is 16.5. The third kappa shape index (κ3) is 3.96. The fourth-order valence-corrected chi connectivity index (χ4v) is 5.48. The summed E-state index contributed by atoms with van der Waals surface area (Å²) in [5, 5.41) is 13.0. The number of aryl methyl sites for hydroxylation is 1. The van der Waals surface area contributed by atoms with Gasteiger partial charge in [-0.05, 0) is 87.5 Å². The molecule has 0 saturated heterocycles. The summed E-state index contributed by atoms with van der Waals surface area (Å²) in [4.78, 5) is 30.7. The molecule has 4 aliphatic carbocycles. The third-order valence-corrected chi connectivity index (χ3v) is 7.67. The molecular formula is C25H29N3O4. The van der Waals surface area contributed by atoms with Gasteiger partial charge in [-0.1, -0.05) is 17.3 Å². The molecule has 2 aromatic rings. The molecule has 4 saturated carbocycles. The van der Waals surface area contributed by atoms with E-state index in [9.17, 15) is 9.59 Å². The molecule has 4 fully saturated rings. The first-order valence-corrected chi connectivity index (χ1v) is 11.5. The Kier molecular flexibility index (Phi) is 5.14. The molecule has 32 heavy (non-hydrogen) atoms. The molecule has 0 spiro atoms. The molecule has 1 aromatic heterocycles. The van der Waals surface area contributed by atoms with Crippen molar-refractivity contribution >= 4 is 23.6 Å². The second-order valence-electron chi connectivity index (χ2n) is 9.89. The van der Waals surface area contributed by atoms with E-state index in [1.54, 1.807) is 6.08 Å². The second-order valence-corrected chi connectivity index (χ2v) is 9.89. The number of carboxylic acid groups (broad SMARTS) is 1. The van der Waals surface area contributed by atoms with Crippen LogP contribution in [0.25, 0.3) is 6.08 Å². The maximum absolute atomic E-state index is 13.3. The lowest BCUT2D eigenvalue weighted by atomic mass is 9.53. The summed E-state index contributed by atoms with van der Waals surface area (Å²) in [6.45, 7) is 2.58. The first-order chi connectivity index (χ1) is 15.4. The van der Waals surface area contributed by atoms with Crippen LogP contribution in [0.1, 0.15) is 68.6 Å². The van der Waals surface area contributed by atoms with Gasteiger partial charge in [0.1, 0.15) is 0 Å². The van der Waals surface area contributed by atoms with Crippen LogP contribution in [0.15, 0.2) is 34.9 Å². The van der Waals surface area contributed by atoms with Gasteiger partial charge in [-0.2, -0.15) is 4.98 Å². The van der Waals surface area contributed by atoms with Crippen LogP contribution in [-0.4, -0.2) is 33.7 Å². The Morgan fingerprint density at radius 1 is 1.19 bits per heavy atom. The molecule has 1 aromatic carbocycles. The number of amides is 1. The van der Waals surface area contributed by atoms with Crippen LogP contribution in [0, 0.1) is 18.3 Å². The van der Waals surface area contributed by atoms with Crippen molar-refractivity contribution in [2.75, 3.05) is 11.4 Å². The first-order valence-electron chi connectivity index (χ1n) is 11.5. The van der Waals surface area contributed by atoms with Crippen molar-refractivity contribution in [3.05, 3.63) is 47.6 Å². The largest absolute Gasteiger partial charge is 0.478 e. The van der Waals surface area contributed by atoms with Gasteiger partial charge in [-0.3, -0.25) is 4.79 Å². The Bertz CT molecular complexity index is 1040. The van der Waals surface area contributed by atoms with Crippen molar-refractivity contribution in [2.45, 2.75) is 63.7 Å². The zero-order valence-corrected chi connectivity index (χ0v) is 18.4. The number of aliphatic carboxylic acids is 1. The van der Waals surface area contributed by atoms with E-state index in [0.29, 0.717) is 12.4 Å². The van der Waals surface area contributed by atoms with Crippen molar-refractivity contribution in [3.8, 4) is 0 Å². The maximum Gasteiger partial charge on any atom is 0.328 e. The molecule has 1 amide bonds. The number of benzene rings is 1. The summed E-state index contributed by atoms with van der Waals surface area (Å²) < 4.78 is 5.56. The van der Waals surface area contributed by atoms with E-state index in [-0.39, 0.29) is 22.7 Å². The smallest absolute Gasteiger partial charge is 0.328 e.